The van der Waals surface area contributed by atoms with Crippen LogP contribution in [0, 0.1) is 0 Å². The van der Waals surface area contributed by atoms with Gasteiger partial charge < -0.3 is 9.47 Å². The zero-order valence-electron chi connectivity index (χ0n) is 12.3. The van der Waals surface area contributed by atoms with Gasteiger partial charge in [0.25, 0.3) is 0 Å². The van der Waals surface area contributed by atoms with E-state index in [0.29, 0.717) is 0 Å². The summed E-state index contributed by atoms with van der Waals surface area (Å²) in [7, 11) is 0. The minimum Gasteiger partial charge on any atom is -0.457 e. The second-order valence-electron chi connectivity index (χ2n) is 6.03. The predicted molar refractivity (Wildman–Crippen MR) is 73.8 cm³/mol. The summed E-state index contributed by atoms with van der Waals surface area (Å²) in [4.78, 5) is 25.6. The zero-order valence-corrected chi connectivity index (χ0v) is 13.1. The van der Waals surface area contributed by atoms with Crippen molar-refractivity contribution in [3.8, 4) is 0 Å². The molecule has 0 aromatic heterocycles. The molecule has 0 aromatic rings. The molecule has 1 atom stereocenters. The van der Waals surface area contributed by atoms with Gasteiger partial charge in [-0.1, -0.05) is 0 Å². The molecule has 0 aliphatic heterocycles. The van der Waals surface area contributed by atoms with Crippen molar-refractivity contribution in [3.05, 3.63) is 0 Å². The lowest BCUT2D eigenvalue weighted by molar-refractivity contribution is -0.165. The molecule has 0 radical (unpaired) electrons. The second kappa shape index (κ2) is 7.01. The number of nitrogens with zero attached hydrogens (tertiary/aromatic N) is 1. The van der Waals surface area contributed by atoms with E-state index in [2.05, 4.69) is 4.99 Å². The van der Waals surface area contributed by atoms with E-state index < -0.39 is 22.8 Å². The molecule has 0 aliphatic carbocycles. The van der Waals surface area contributed by atoms with Crippen LogP contribution < -0.4 is 5.73 Å². The van der Waals surface area contributed by atoms with Crippen LogP contribution in [0.15, 0.2) is 4.99 Å². The van der Waals surface area contributed by atoms with Gasteiger partial charge in [0, 0.05) is 0 Å². The van der Waals surface area contributed by atoms with Crippen LogP contribution in [0.3, 0.4) is 0 Å². The van der Waals surface area contributed by atoms with E-state index in [1.54, 1.807) is 41.5 Å². The van der Waals surface area contributed by atoms with E-state index in [9.17, 15) is 9.59 Å². The molecule has 112 valence electrons. The molecule has 6 nitrogen and oxygen atoms in total. The first-order valence-electron chi connectivity index (χ1n) is 5.65. The summed E-state index contributed by atoms with van der Waals surface area (Å²) in [5.74, 6) is -0.817. The van der Waals surface area contributed by atoms with Gasteiger partial charge in [0.2, 0.25) is 11.7 Å². The fourth-order valence-electron chi connectivity index (χ4n) is 0.911. The van der Waals surface area contributed by atoms with E-state index in [4.69, 9.17) is 15.2 Å². The topological polar surface area (TPSA) is 91.0 Å². The number of hydrogen-bond donors (Lipinski definition) is 1. The van der Waals surface area contributed by atoms with Crippen molar-refractivity contribution < 1.29 is 19.1 Å². The Hall–Kier alpha value is -0.940. The van der Waals surface area contributed by atoms with Crippen LogP contribution in [0.4, 0.5) is 0 Å². The van der Waals surface area contributed by atoms with E-state index in [1.165, 1.54) is 6.08 Å². The SMILES string of the molecule is CC(C)(C)OCC(N)(N=C=O)C(=O)OC(C)(C)C.Cl. The third kappa shape index (κ3) is 8.72. The van der Waals surface area contributed by atoms with Gasteiger partial charge in [0.05, 0.1) is 12.2 Å². The lowest BCUT2D eigenvalue weighted by atomic mass is 10.1. The van der Waals surface area contributed by atoms with E-state index in [1.807, 2.05) is 0 Å². The quantitative estimate of drug-likeness (QED) is 0.482. The lowest BCUT2D eigenvalue weighted by Crippen LogP contribution is -2.54. The lowest BCUT2D eigenvalue weighted by Gasteiger charge is -2.29. The van der Waals surface area contributed by atoms with Gasteiger partial charge in [0.1, 0.15) is 5.60 Å². The summed E-state index contributed by atoms with van der Waals surface area (Å²) in [6, 6.07) is 0. The molecular formula is C12H23ClN2O4. The van der Waals surface area contributed by atoms with Gasteiger partial charge in [0.15, 0.2) is 0 Å². The molecule has 0 spiro atoms. The van der Waals surface area contributed by atoms with Crippen LogP contribution in [-0.4, -0.2) is 35.5 Å². The summed E-state index contributed by atoms with van der Waals surface area (Å²) in [5.41, 5.74) is 2.65. The number of aliphatic imine (C=N–C) groups is 1. The molecule has 0 aromatic carbocycles. The molecule has 0 saturated carbocycles. The summed E-state index contributed by atoms with van der Waals surface area (Å²) in [6.07, 6.45) is 1.28. The smallest absolute Gasteiger partial charge is 0.352 e. The largest absolute Gasteiger partial charge is 0.457 e. The van der Waals surface area contributed by atoms with E-state index >= 15 is 0 Å². The van der Waals surface area contributed by atoms with Crippen molar-refractivity contribution in [2.75, 3.05) is 6.61 Å². The highest BCUT2D eigenvalue weighted by atomic mass is 35.5. The van der Waals surface area contributed by atoms with Crippen LogP contribution in [0.25, 0.3) is 0 Å². The van der Waals surface area contributed by atoms with Crippen LogP contribution in [0.1, 0.15) is 41.5 Å². The van der Waals surface area contributed by atoms with Gasteiger partial charge in [-0.15, -0.1) is 12.4 Å². The summed E-state index contributed by atoms with van der Waals surface area (Å²) in [6.45, 7) is 10.2. The van der Waals surface area contributed by atoms with Gasteiger partial charge in [-0.3, -0.25) is 5.73 Å². The Morgan fingerprint density at radius 3 is 1.95 bits per heavy atom. The zero-order chi connectivity index (χ0) is 14.6. The Labute approximate surface area is 120 Å². The standard InChI is InChI=1S/C12H22N2O4.ClH/c1-10(2,3)17-7-12(13,14-8-15)9(16)18-11(4,5)6;/h7,13H2,1-6H3;1H. The molecule has 0 amide bonds. The van der Waals surface area contributed by atoms with Gasteiger partial charge in [-0.2, -0.15) is 4.99 Å². The highest BCUT2D eigenvalue weighted by Gasteiger charge is 2.39. The molecule has 0 fully saturated rings. The summed E-state index contributed by atoms with van der Waals surface area (Å²) in [5, 5.41) is 0. The summed E-state index contributed by atoms with van der Waals surface area (Å²) < 4.78 is 10.5. The molecule has 7 heteroatoms. The van der Waals surface area contributed by atoms with Crippen LogP contribution in [0.5, 0.6) is 0 Å². The monoisotopic (exact) mass is 294 g/mol. The van der Waals surface area contributed by atoms with Crippen LogP contribution >= 0.6 is 12.4 Å². The minimum atomic E-state index is -1.86. The normalized spacial score (nSPS) is 14.7. The number of carbonyl (C=O) groups is 1. The predicted octanol–water partition coefficient (Wildman–Crippen LogP) is 1.56. The highest BCUT2D eigenvalue weighted by molar-refractivity contribution is 5.85. The molecule has 19 heavy (non-hydrogen) atoms. The number of hydrogen-bond acceptors (Lipinski definition) is 6. The maximum Gasteiger partial charge on any atom is 0.352 e. The third-order valence-electron chi connectivity index (χ3n) is 1.72. The first-order valence-corrected chi connectivity index (χ1v) is 5.65. The summed E-state index contributed by atoms with van der Waals surface area (Å²) >= 11 is 0. The Morgan fingerprint density at radius 1 is 1.16 bits per heavy atom. The van der Waals surface area contributed by atoms with Crippen molar-refractivity contribution in [3.63, 3.8) is 0 Å². The first-order chi connectivity index (χ1) is 7.90. The fourth-order valence-corrected chi connectivity index (χ4v) is 0.911. The fraction of sp³-hybridized carbons (Fsp3) is 0.833. The van der Waals surface area contributed by atoms with Crippen molar-refractivity contribution in [1.29, 1.82) is 0 Å². The Kier molecular flexibility index (Phi) is 7.52. The molecule has 0 aliphatic rings. The highest BCUT2D eigenvalue weighted by Crippen LogP contribution is 2.17. The molecule has 0 bridgehead atoms. The second-order valence-corrected chi connectivity index (χ2v) is 6.03. The average molecular weight is 295 g/mol. The Balaban J connectivity index is 0. The molecule has 0 rings (SSSR count). The Morgan fingerprint density at radius 2 is 1.63 bits per heavy atom. The van der Waals surface area contributed by atoms with E-state index in [-0.39, 0.29) is 19.0 Å². The third-order valence-corrected chi connectivity index (χ3v) is 1.72. The first kappa shape index (κ1) is 20.4. The van der Waals surface area contributed by atoms with Crippen LogP contribution in [-0.2, 0) is 19.1 Å². The molecule has 2 N–H and O–H groups in total. The maximum absolute atomic E-state index is 11.9. The maximum atomic E-state index is 11.9. The number of halogens is 1. The molecule has 0 saturated heterocycles. The number of rotatable bonds is 4. The number of ether oxygens (including phenoxy) is 2. The minimum absolute atomic E-state index is 0. The molecular weight excluding hydrogens is 272 g/mol. The number of esters is 1. The Bertz CT molecular complexity index is 354. The number of nitrogens with two attached hydrogens (primary N) is 1. The molecule has 1 unspecified atom stereocenters. The molecule has 0 heterocycles. The number of carbonyl (C=O) groups excluding carboxylic acids is 2. The van der Waals surface area contributed by atoms with Gasteiger partial charge >= 0.3 is 5.97 Å². The van der Waals surface area contributed by atoms with Gasteiger partial charge in [-0.25, -0.2) is 9.59 Å². The van der Waals surface area contributed by atoms with Crippen LogP contribution in [0.2, 0.25) is 0 Å². The van der Waals surface area contributed by atoms with Gasteiger partial charge in [-0.05, 0) is 41.5 Å². The number of isocyanates is 1. The van der Waals surface area contributed by atoms with Crippen molar-refractivity contribution in [2.45, 2.75) is 58.4 Å². The van der Waals surface area contributed by atoms with Crippen molar-refractivity contribution >= 4 is 24.5 Å². The average Bonchev–Trinajstić information content (AvgIpc) is 2.11. The van der Waals surface area contributed by atoms with Crippen molar-refractivity contribution in [2.24, 2.45) is 10.7 Å². The van der Waals surface area contributed by atoms with E-state index in [0.717, 1.165) is 0 Å². The van der Waals surface area contributed by atoms with Crippen molar-refractivity contribution in [1.82, 2.24) is 0 Å².